The molecule has 1 aliphatic heterocycles. The lowest BCUT2D eigenvalue weighted by atomic mass is 10.1. The number of rotatable bonds is 4. The number of pyridine rings is 1. The zero-order chi connectivity index (χ0) is 16.2. The second kappa shape index (κ2) is 6.87. The molecule has 2 aromatic rings. The number of aromatic nitrogens is 2. The van der Waals surface area contributed by atoms with Crippen LogP contribution in [0.25, 0.3) is 0 Å². The van der Waals surface area contributed by atoms with Gasteiger partial charge in [-0.05, 0) is 24.5 Å². The van der Waals surface area contributed by atoms with Gasteiger partial charge in [0.05, 0.1) is 23.4 Å². The Bertz CT molecular complexity index is 685. The van der Waals surface area contributed by atoms with Crippen molar-refractivity contribution < 1.29 is 9.59 Å². The Morgan fingerprint density at radius 2 is 2.26 bits per heavy atom. The molecule has 0 saturated carbocycles. The van der Waals surface area contributed by atoms with Crippen molar-refractivity contribution in [1.29, 1.82) is 0 Å². The summed E-state index contributed by atoms with van der Waals surface area (Å²) < 4.78 is 0. The van der Waals surface area contributed by atoms with Gasteiger partial charge in [0.15, 0.2) is 0 Å². The maximum Gasteiger partial charge on any atom is 0.266 e. The molecule has 3 rings (SSSR count). The van der Waals surface area contributed by atoms with Crippen molar-refractivity contribution in [2.24, 2.45) is 0 Å². The maximum atomic E-state index is 12.6. The van der Waals surface area contributed by atoms with Crippen molar-refractivity contribution >= 4 is 23.2 Å². The van der Waals surface area contributed by atoms with Crippen LogP contribution in [0.3, 0.4) is 0 Å². The van der Waals surface area contributed by atoms with E-state index < -0.39 is 0 Å². The monoisotopic (exact) mass is 330 g/mol. The first kappa shape index (κ1) is 15.6. The number of thiazole rings is 1. The van der Waals surface area contributed by atoms with E-state index in [-0.39, 0.29) is 17.9 Å². The minimum atomic E-state index is -0.0637. The molecule has 0 spiro atoms. The van der Waals surface area contributed by atoms with Crippen LogP contribution in [-0.4, -0.2) is 33.2 Å². The fourth-order valence-corrected chi connectivity index (χ4v) is 3.32. The summed E-state index contributed by atoms with van der Waals surface area (Å²) in [5.74, 6) is -0.0367. The van der Waals surface area contributed by atoms with Crippen molar-refractivity contribution in [3.8, 4) is 0 Å². The smallest absolute Gasteiger partial charge is 0.266 e. The van der Waals surface area contributed by atoms with Gasteiger partial charge in [-0.3, -0.25) is 19.6 Å². The highest BCUT2D eigenvalue weighted by Gasteiger charge is 2.31. The van der Waals surface area contributed by atoms with Crippen LogP contribution < -0.4 is 5.32 Å². The first-order chi connectivity index (χ1) is 11.1. The van der Waals surface area contributed by atoms with E-state index in [0.717, 1.165) is 30.6 Å². The topological polar surface area (TPSA) is 75.2 Å². The lowest BCUT2D eigenvalue weighted by Crippen LogP contribution is -2.30. The van der Waals surface area contributed by atoms with Crippen molar-refractivity contribution in [3.63, 3.8) is 0 Å². The summed E-state index contributed by atoms with van der Waals surface area (Å²) in [7, 11) is 0. The predicted molar refractivity (Wildman–Crippen MR) is 86.9 cm³/mol. The highest BCUT2D eigenvalue weighted by molar-refractivity contribution is 7.11. The zero-order valence-corrected chi connectivity index (χ0v) is 13.7. The van der Waals surface area contributed by atoms with Crippen molar-refractivity contribution in [3.05, 3.63) is 46.2 Å². The Morgan fingerprint density at radius 1 is 1.39 bits per heavy atom. The van der Waals surface area contributed by atoms with Crippen molar-refractivity contribution in [2.45, 2.75) is 32.4 Å². The molecule has 1 atom stereocenters. The molecule has 6 nitrogen and oxygen atoms in total. The Hall–Kier alpha value is -2.28. The molecule has 7 heteroatoms. The van der Waals surface area contributed by atoms with Crippen LogP contribution in [0, 0.1) is 0 Å². The third-order valence-electron chi connectivity index (χ3n) is 3.89. The number of carbonyl (C=O) groups excluding carboxylic acids is 2. The molecule has 0 aromatic carbocycles. The molecular weight excluding hydrogens is 312 g/mol. The number of amides is 2. The third-order valence-corrected chi connectivity index (χ3v) is 4.65. The van der Waals surface area contributed by atoms with Gasteiger partial charge in [-0.2, -0.15) is 0 Å². The molecule has 2 aromatic heterocycles. The Morgan fingerprint density at radius 3 is 2.91 bits per heavy atom. The third kappa shape index (κ3) is 3.56. The molecule has 1 aliphatic rings. The summed E-state index contributed by atoms with van der Waals surface area (Å²) in [5.41, 5.74) is 3.52. The van der Waals surface area contributed by atoms with E-state index in [1.807, 2.05) is 17.0 Å². The van der Waals surface area contributed by atoms with Crippen LogP contribution in [-0.2, 0) is 11.3 Å². The molecule has 1 fully saturated rings. The van der Waals surface area contributed by atoms with Gasteiger partial charge in [-0.25, -0.2) is 0 Å². The average Bonchev–Trinajstić information content (AvgIpc) is 3.24. The molecule has 1 N–H and O–H groups in total. The normalized spacial score (nSPS) is 17.3. The molecule has 0 bridgehead atoms. The molecular formula is C16H18N4O2S. The van der Waals surface area contributed by atoms with E-state index in [2.05, 4.69) is 15.3 Å². The van der Waals surface area contributed by atoms with E-state index >= 15 is 0 Å². The van der Waals surface area contributed by atoms with Crippen LogP contribution in [0.5, 0.6) is 0 Å². The minimum absolute atomic E-state index is 0.0133. The van der Waals surface area contributed by atoms with Gasteiger partial charge in [-0.1, -0.05) is 6.07 Å². The molecule has 0 unspecified atom stereocenters. The lowest BCUT2D eigenvalue weighted by molar-refractivity contribution is -0.119. The van der Waals surface area contributed by atoms with Crippen LogP contribution in [0.15, 0.2) is 30.0 Å². The van der Waals surface area contributed by atoms with Gasteiger partial charge in [0.2, 0.25) is 5.91 Å². The van der Waals surface area contributed by atoms with E-state index in [1.54, 1.807) is 17.9 Å². The summed E-state index contributed by atoms with van der Waals surface area (Å²) >= 11 is 1.36. The van der Waals surface area contributed by atoms with Crippen LogP contribution in [0.1, 0.15) is 46.7 Å². The van der Waals surface area contributed by atoms with Crippen molar-refractivity contribution in [2.75, 3.05) is 6.54 Å². The fourth-order valence-electron chi connectivity index (χ4n) is 2.74. The number of likely N-dealkylation sites (tertiary alicyclic amines) is 1. The van der Waals surface area contributed by atoms with Gasteiger partial charge >= 0.3 is 0 Å². The van der Waals surface area contributed by atoms with Gasteiger partial charge in [0.25, 0.3) is 5.91 Å². The second-order valence-electron chi connectivity index (χ2n) is 5.52. The standard InChI is InChI=1S/C16H18N4O2S/c1-11(21)18-7-12-4-5-13(19-8-12)14-3-2-6-20(14)16(22)15-9-17-10-23-15/h4-5,8-10,14H,2-3,6-7H2,1H3,(H,18,21)/t14-/m0/s1. The summed E-state index contributed by atoms with van der Waals surface area (Å²) in [5, 5.41) is 2.75. The summed E-state index contributed by atoms with van der Waals surface area (Å²) in [6.45, 7) is 2.71. The maximum absolute atomic E-state index is 12.6. The highest BCUT2D eigenvalue weighted by atomic mass is 32.1. The van der Waals surface area contributed by atoms with Crippen LogP contribution >= 0.6 is 11.3 Å². The summed E-state index contributed by atoms with van der Waals surface area (Å²) in [4.78, 5) is 34.5. The van der Waals surface area contributed by atoms with E-state index in [9.17, 15) is 9.59 Å². The SMILES string of the molecule is CC(=O)NCc1ccc([C@@H]2CCCN2C(=O)c2cncs2)nc1. The van der Waals surface area contributed by atoms with Crippen LogP contribution in [0.2, 0.25) is 0 Å². The van der Waals surface area contributed by atoms with E-state index in [1.165, 1.54) is 18.3 Å². The zero-order valence-electron chi connectivity index (χ0n) is 12.9. The molecule has 0 aliphatic carbocycles. The molecule has 1 saturated heterocycles. The summed E-state index contributed by atoms with van der Waals surface area (Å²) in [6, 6.07) is 3.91. The van der Waals surface area contributed by atoms with Gasteiger partial charge in [0.1, 0.15) is 4.88 Å². The van der Waals surface area contributed by atoms with Gasteiger partial charge < -0.3 is 10.2 Å². The first-order valence-corrected chi connectivity index (χ1v) is 8.42. The van der Waals surface area contributed by atoms with Crippen molar-refractivity contribution in [1.82, 2.24) is 20.2 Å². The van der Waals surface area contributed by atoms with Gasteiger partial charge in [-0.15, -0.1) is 11.3 Å². The van der Waals surface area contributed by atoms with E-state index in [0.29, 0.717) is 11.4 Å². The number of hydrogen-bond donors (Lipinski definition) is 1. The number of nitrogens with one attached hydrogen (secondary N) is 1. The van der Waals surface area contributed by atoms with E-state index in [4.69, 9.17) is 0 Å². The second-order valence-corrected chi connectivity index (χ2v) is 6.41. The largest absolute Gasteiger partial charge is 0.352 e. The van der Waals surface area contributed by atoms with Crippen LogP contribution in [0.4, 0.5) is 0 Å². The average molecular weight is 330 g/mol. The predicted octanol–water partition coefficient (Wildman–Crippen LogP) is 2.15. The quantitative estimate of drug-likeness (QED) is 0.932. The Labute approximate surface area is 138 Å². The fraction of sp³-hybridized carbons (Fsp3) is 0.375. The Balaban J connectivity index is 1.72. The minimum Gasteiger partial charge on any atom is -0.352 e. The molecule has 2 amide bonds. The number of hydrogen-bond acceptors (Lipinski definition) is 5. The lowest BCUT2D eigenvalue weighted by Gasteiger charge is -2.23. The molecule has 120 valence electrons. The first-order valence-electron chi connectivity index (χ1n) is 7.54. The highest BCUT2D eigenvalue weighted by Crippen LogP contribution is 2.32. The molecule has 3 heterocycles. The molecule has 23 heavy (non-hydrogen) atoms. The molecule has 0 radical (unpaired) electrons. The number of nitrogens with zero attached hydrogens (tertiary/aromatic N) is 3. The summed E-state index contributed by atoms with van der Waals surface area (Å²) in [6.07, 6.45) is 5.28. The number of carbonyl (C=O) groups is 2. The van der Waals surface area contributed by atoms with Gasteiger partial charge in [0, 0.05) is 26.2 Å². The Kier molecular flexibility index (Phi) is 4.66.